The Hall–Kier alpha value is -5.40. The second-order valence-corrected chi connectivity index (χ2v) is 10.2. The minimum atomic E-state index is -4.84. The molecular weight excluding hydrogens is 670 g/mol. The van der Waals surface area contributed by atoms with Gasteiger partial charge < -0.3 is 5.21 Å². The highest BCUT2D eigenvalue weighted by atomic mass is 35.5. The van der Waals surface area contributed by atoms with Crippen molar-refractivity contribution in [3.05, 3.63) is 101 Å². The molecule has 47 heavy (non-hydrogen) atoms. The third kappa shape index (κ3) is 6.10. The Morgan fingerprint density at radius 2 is 1.72 bits per heavy atom. The SMILES string of the molecule is [O-][n+]1cc(-c2c(-n3cc(C(F)(F)F)nn3)ccc(Cl)c2F)ccc1[C@@H](Cc1ccn(C(F)F)n1)n1cc(-c2ncnn2C(F)F)cn1. The second-order valence-electron chi connectivity index (χ2n) is 9.77. The van der Waals surface area contributed by atoms with Crippen LogP contribution in [0.3, 0.4) is 0 Å². The first-order valence-corrected chi connectivity index (χ1v) is 13.5. The Balaban J connectivity index is 1.43. The summed E-state index contributed by atoms with van der Waals surface area (Å²) in [5.74, 6) is -1.32. The van der Waals surface area contributed by atoms with Crippen molar-refractivity contribution in [1.82, 2.24) is 49.3 Å². The zero-order valence-electron chi connectivity index (χ0n) is 23.0. The molecule has 5 aromatic heterocycles. The summed E-state index contributed by atoms with van der Waals surface area (Å²) in [6.45, 7) is -5.99. The minimum absolute atomic E-state index is 0.0803. The average Bonchev–Trinajstić information content (AvgIpc) is 3.83. The molecule has 0 spiro atoms. The zero-order chi connectivity index (χ0) is 33.6. The normalized spacial score (nSPS) is 12.8. The Morgan fingerprint density at radius 1 is 0.936 bits per heavy atom. The van der Waals surface area contributed by atoms with Crippen LogP contribution < -0.4 is 4.73 Å². The molecule has 1 atom stereocenters. The summed E-state index contributed by atoms with van der Waals surface area (Å²) < 4.78 is 111. The molecule has 1 aromatic carbocycles. The monoisotopic (exact) mass is 685 g/mol. The highest BCUT2D eigenvalue weighted by Crippen LogP contribution is 2.35. The van der Waals surface area contributed by atoms with Gasteiger partial charge in [-0.3, -0.25) is 4.68 Å². The van der Waals surface area contributed by atoms with Gasteiger partial charge in [-0.05, 0) is 24.3 Å². The van der Waals surface area contributed by atoms with Gasteiger partial charge in [0, 0.05) is 24.9 Å². The van der Waals surface area contributed by atoms with E-state index in [9.17, 15) is 35.9 Å². The summed E-state index contributed by atoms with van der Waals surface area (Å²) in [4.78, 5) is 3.82. The molecule has 0 unspecified atom stereocenters. The lowest BCUT2D eigenvalue weighted by Crippen LogP contribution is -2.36. The van der Waals surface area contributed by atoms with Crippen molar-refractivity contribution in [3.63, 3.8) is 0 Å². The van der Waals surface area contributed by atoms with Crippen LogP contribution in [0.25, 0.3) is 28.2 Å². The number of pyridine rings is 1. The number of benzene rings is 1. The summed E-state index contributed by atoms with van der Waals surface area (Å²) in [6.07, 6.45) is 0.779. The van der Waals surface area contributed by atoms with Gasteiger partial charge in [0.2, 0.25) is 5.69 Å². The van der Waals surface area contributed by atoms with E-state index in [0.29, 0.717) is 25.0 Å². The van der Waals surface area contributed by atoms with E-state index in [1.165, 1.54) is 41.3 Å². The summed E-state index contributed by atoms with van der Waals surface area (Å²) in [7, 11) is 0. The van der Waals surface area contributed by atoms with Gasteiger partial charge >= 0.3 is 19.3 Å². The second kappa shape index (κ2) is 12.1. The molecule has 244 valence electrons. The molecule has 12 nitrogen and oxygen atoms in total. The van der Waals surface area contributed by atoms with E-state index >= 15 is 4.39 Å². The number of nitrogens with zero attached hydrogens (tertiary/aromatic N) is 11. The largest absolute Gasteiger partial charge is 0.618 e. The maximum Gasteiger partial charge on any atom is 0.436 e. The van der Waals surface area contributed by atoms with Crippen molar-refractivity contribution in [2.45, 2.75) is 31.7 Å². The van der Waals surface area contributed by atoms with Gasteiger partial charge in [0.1, 0.15) is 12.4 Å². The van der Waals surface area contributed by atoms with E-state index in [4.69, 9.17) is 11.6 Å². The van der Waals surface area contributed by atoms with Crippen LogP contribution in [0.4, 0.5) is 35.1 Å². The molecule has 0 bridgehead atoms. The van der Waals surface area contributed by atoms with Gasteiger partial charge in [0.15, 0.2) is 23.5 Å². The Bertz CT molecular complexity index is 2050. The van der Waals surface area contributed by atoms with Crippen molar-refractivity contribution >= 4 is 11.6 Å². The topological polar surface area (TPSA) is 124 Å². The average molecular weight is 686 g/mol. The van der Waals surface area contributed by atoms with Crippen molar-refractivity contribution in [2.24, 2.45) is 0 Å². The molecule has 0 aliphatic carbocycles. The molecule has 0 N–H and O–H groups in total. The van der Waals surface area contributed by atoms with Gasteiger partial charge in [-0.2, -0.15) is 55.4 Å². The predicted molar refractivity (Wildman–Crippen MR) is 144 cm³/mol. The molecule has 0 aliphatic rings. The Morgan fingerprint density at radius 3 is 2.38 bits per heavy atom. The van der Waals surface area contributed by atoms with Crippen LogP contribution in [0.5, 0.6) is 0 Å². The van der Waals surface area contributed by atoms with Crippen LogP contribution in [0, 0.1) is 11.0 Å². The Labute approximate surface area is 261 Å². The Kier molecular flexibility index (Phi) is 8.12. The highest BCUT2D eigenvalue weighted by molar-refractivity contribution is 6.31. The van der Waals surface area contributed by atoms with Gasteiger partial charge in [-0.15, -0.1) is 5.10 Å². The van der Waals surface area contributed by atoms with E-state index in [2.05, 4.69) is 30.6 Å². The minimum Gasteiger partial charge on any atom is -0.618 e. The quantitative estimate of drug-likeness (QED) is 0.109. The lowest BCUT2D eigenvalue weighted by Gasteiger charge is -2.18. The first kappa shape index (κ1) is 31.6. The predicted octanol–water partition coefficient (Wildman–Crippen LogP) is 5.65. The molecule has 6 rings (SSSR count). The van der Waals surface area contributed by atoms with E-state index < -0.39 is 41.9 Å². The number of hydrogen-bond acceptors (Lipinski definition) is 7. The van der Waals surface area contributed by atoms with Gasteiger partial charge in [-0.1, -0.05) is 16.8 Å². The maximum atomic E-state index is 15.4. The third-order valence-corrected chi connectivity index (χ3v) is 7.17. The van der Waals surface area contributed by atoms with Gasteiger partial charge in [0.25, 0.3) is 0 Å². The van der Waals surface area contributed by atoms with E-state index in [1.54, 1.807) is 0 Å². The standard InChI is InChI=1S/C26H16ClF8N11O/c27-16-2-4-18(44-11-20(39-41-44)26(33,34)35)21(22(16)28)13-1-3-17(45(47)10-13)19(7-15-5-6-42(40-15)24(29)30)43-9-14(8-37-43)23-36-12-38-46(23)25(31)32/h1-6,8-12,19,24-25H,7H2/t19-/m1/s1. The first-order valence-electron chi connectivity index (χ1n) is 13.1. The van der Waals surface area contributed by atoms with Crippen molar-refractivity contribution in [3.8, 4) is 28.2 Å². The number of halogens is 9. The highest BCUT2D eigenvalue weighted by Gasteiger charge is 2.35. The molecule has 0 aliphatic heterocycles. The molecule has 0 saturated heterocycles. The van der Waals surface area contributed by atoms with Gasteiger partial charge in [0.05, 0.1) is 45.5 Å². The fourth-order valence-corrected chi connectivity index (χ4v) is 4.92. The van der Waals surface area contributed by atoms with E-state index in [1.807, 2.05) is 0 Å². The summed E-state index contributed by atoms with van der Waals surface area (Å²) in [5.41, 5.74) is -2.00. The molecule has 0 saturated carbocycles. The van der Waals surface area contributed by atoms with E-state index in [-0.39, 0.29) is 46.0 Å². The molecule has 6 aromatic rings. The van der Waals surface area contributed by atoms with Crippen molar-refractivity contribution in [1.29, 1.82) is 0 Å². The van der Waals surface area contributed by atoms with Crippen molar-refractivity contribution < 1.29 is 39.9 Å². The van der Waals surface area contributed by atoms with E-state index in [0.717, 1.165) is 24.8 Å². The summed E-state index contributed by atoms with van der Waals surface area (Å²) >= 11 is 5.97. The van der Waals surface area contributed by atoms with Gasteiger partial charge in [-0.25, -0.2) is 18.7 Å². The van der Waals surface area contributed by atoms with Crippen LogP contribution in [-0.2, 0) is 12.6 Å². The van der Waals surface area contributed by atoms with Crippen LogP contribution in [0.1, 0.15) is 36.2 Å². The fourth-order valence-electron chi connectivity index (χ4n) is 4.77. The number of hydrogen-bond donors (Lipinski definition) is 0. The molecule has 5 heterocycles. The summed E-state index contributed by atoms with van der Waals surface area (Å²) in [5, 5.41) is 31.1. The van der Waals surface area contributed by atoms with Crippen LogP contribution >= 0.6 is 11.6 Å². The van der Waals surface area contributed by atoms with Crippen LogP contribution in [-0.4, -0.2) is 49.3 Å². The van der Waals surface area contributed by atoms with Crippen LogP contribution in [0.2, 0.25) is 5.02 Å². The molecule has 21 heteroatoms. The first-order chi connectivity index (χ1) is 22.3. The zero-order valence-corrected chi connectivity index (χ0v) is 23.8. The number of rotatable bonds is 9. The fraction of sp³-hybridized carbons (Fsp3) is 0.192. The van der Waals surface area contributed by atoms with Crippen molar-refractivity contribution in [2.75, 3.05) is 0 Å². The third-order valence-electron chi connectivity index (χ3n) is 6.88. The molecular formula is C26H16ClF8N11O. The van der Waals surface area contributed by atoms with Crippen LogP contribution in [0.15, 0.2) is 67.6 Å². The number of aromatic nitrogens is 11. The summed E-state index contributed by atoms with van der Waals surface area (Å²) in [6, 6.07) is 4.96. The molecule has 0 amide bonds. The lowest BCUT2D eigenvalue weighted by atomic mass is 10.0. The smallest absolute Gasteiger partial charge is 0.436 e. The maximum absolute atomic E-state index is 15.4. The number of alkyl halides is 7. The molecule has 0 fully saturated rings. The lowest BCUT2D eigenvalue weighted by molar-refractivity contribution is -0.615. The molecule has 0 radical (unpaired) electrons.